The fourth-order valence-corrected chi connectivity index (χ4v) is 4.33. The zero-order valence-electron chi connectivity index (χ0n) is 14.9. The minimum Gasteiger partial charge on any atom is -0.369 e. The van der Waals surface area contributed by atoms with Gasteiger partial charge in [0.2, 0.25) is 11.8 Å². The molecule has 137 valence electrons. The van der Waals surface area contributed by atoms with Crippen LogP contribution < -0.4 is 11.1 Å². The van der Waals surface area contributed by atoms with Gasteiger partial charge < -0.3 is 16.0 Å². The number of hydrogen-bond donors (Lipinski definition) is 2. The van der Waals surface area contributed by atoms with Gasteiger partial charge in [0, 0.05) is 24.5 Å². The van der Waals surface area contributed by atoms with Crippen molar-refractivity contribution in [2.24, 2.45) is 11.1 Å². The molecule has 0 aromatic heterocycles. The first-order valence-electron chi connectivity index (χ1n) is 9.59. The fraction of sp³-hybridized carbons (Fsp3) is 0.789. The van der Waals surface area contributed by atoms with Gasteiger partial charge in [0.15, 0.2) is 0 Å². The van der Waals surface area contributed by atoms with Crippen molar-refractivity contribution in [2.75, 3.05) is 13.1 Å². The summed E-state index contributed by atoms with van der Waals surface area (Å²) in [6, 6.07) is 3.02. The molecule has 1 heterocycles. The molecule has 1 radical (unpaired) electrons. The number of piperidine rings is 1. The molecule has 6 heteroatoms. The van der Waals surface area contributed by atoms with E-state index < -0.39 is 11.0 Å². The van der Waals surface area contributed by atoms with Gasteiger partial charge in [0.25, 0.3) is 0 Å². The largest absolute Gasteiger partial charge is 0.369 e. The molecule has 25 heavy (non-hydrogen) atoms. The Kier molecular flexibility index (Phi) is 5.33. The summed E-state index contributed by atoms with van der Waals surface area (Å²) in [7, 11) is 0. The van der Waals surface area contributed by atoms with Crippen LogP contribution in [0, 0.1) is 23.2 Å². The van der Waals surface area contributed by atoms with Crippen molar-refractivity contribution in [2.45, 2.75) is 75.8 Å². The van der Waals surface area contributed by atoms with Crippen molar-refractivity contribution in [3.8, 4) is 6.07 Å². The van der Waals surface area contributed by atoms with E-state index in [0.717, 1.165) is 45.2 Å². The Balaban J connectivity index is 1.52. The van der Waals surface area contributed by atoms with Crippen LogP contribution in [0.5, 0.6) is 0 Å². The molecule has 3 fully saturated rings. The predicted octanol–water partition coefficient (Wildman–Crippen LogP) is 1.65. The van der Waals surface area contributed by atoms with Crippen molar-refractivity contribution in [3.63, 3.8) is 0 Å². The van der Waals surface area contributed by atoms with E-state index in [1.807, 2.05) is 0 Å². The fourth-order valence-electron chi connectivity index (χ4n) is 4.33. The lowest BCUT2D eigenvalue weighted by Crippen LogP contribution is -2.55. The molecule has 3 N–H and O–H groups in total. The lowest BCUT2D eigenvalue weighted by molar-refractivity contribution is -0.130. The van der Waals surface area contributed by atoms with E-state index in [1.54, 1.807) is 6.42 Å². The number of amides is 2. The van der Waals surface area contributed by atoms with Gasteiger partial charge in [-0.05, 0) is 44.9 Å². The Morgan fingerprint density at radius 1 is 1.16 bits per heavy atom. The number of nitriles is 1. The average Bonchev–Trinajstić information content (AvgIpc) is 3.46. The van der Waals surface area contributed by atoms with E-state index in [1.165, 1.54) is 12.8 Å². The summed E-state index contributed by atoms with van der Waals surface area (Å²) >= 11 is 0. The Bertz CT molecular complexity index is 550. The Morgan fingerprint density at radius 2 is 1.80 bits per heavy atom. The maximum Gasteiger partial charge on any atom is 0.225 e. The second-order valence-electron chi connectivity index (χ2n) is 8.06. The van der Waals surface area contributed by atoms with Crippen LogP contribution in [0.2, 0.25) is 0 Å². The van der Waals surface area contributed by atoms with Crippen molar-refractivity contribution < 1.29 is 9.59 Å². The highest BCUT2D eigenvalue weighted by Gasteiger charge is 2.41. The van der Waals surface area contributed by atoms with E-state index in [4.69, 9.17) is 5.73 Å². The molecule has 0 bridgehead atoms. The molecular formula is C19H29N4O2. The lowest BCUT2D eigenvalue weighted by atomic mass is 9.70. The Hall–Kier alpha value is -1.61. The number of nitrogens with zero attached hydrogens (tertiary/aromatic N) is 2. The van der Waals surface area contributed by atoms with Crippen LogP contribution in [-0.4, -0.2) is 41.4 Å². The molecule has 2 saturated carbocycles. The Labute approximate surface area is 150 Å². The van der Waals surface area contributed by atoms with Gasteiger partial charge in [-0.25, -0.2) is 0 Å². The highest BCUT2D eigenvalue weighted by atomic mass is 16.2. The molecule has 0 aromatic carbocycles. The highest BCUT2D eigenvalue weighted by molar-refractivity contribution is 5.88. The minimum absolute atomic E-state index is 0.243. The van der Waals surface area contributed by atoms with Gasteiger partial charge in [-0.15, -0.1) is 0 Å². The number of nitrogens with two attached hydrogens (primary N) is 1. The zero-order valence-corrected chi connectivity index (χ0v) is 14.9. The maximum atomic E-state index is 12.4. The number of rotatable bonds is 6. The van der Waals surface area contributed by atoms with Gasteiger partial charge in [0.05, 0.1) is 12.5 Å². The van der Waals surface area contributed by atoms with E-state index in [0.29, 0.717) is 25.3 Å². The first-order valence-corrected chi connectivity index (χ1v) is 9.59. The molecule has 1 saturated heterocycles. The molecule has 1 aliphatic heterocycles. The van der Waals surface area contributed by atoms with Crippen LogP contribution in [0.25, 0.3) is 0 Å². The summed E-state index contributed by atoms with van der Waals surface area (Å²) in [5, 5.41) is 12.5. The monoisotopic (exact) mass is 345 g/mol. The second-order valence-corrected chi connectivity index (χ2v) is 8.06. The molecule has 0 spiro atoms. The summed E-state index contributed by atoms with van der Waals surface area (Å²) in [6.45, 7) is 1.73. The number of primary amides is 1. The standard InChI is InChI=1S/C19H29N4O2/c20-14-19(10-12-23(13-11-19)15-4-5-15)22-16(24)6-9-18(17(21)25)7-2-1-3-8-18/h6,15H,1-5,7-13H2,(H2,21,25)(H,22,24). The van der Waals surface area contributed by atoms with Gasteiger partial charge in [0.1, 0.15) is 5.54 Å². The average molecular weight is 345 g/mol. The molecule has 3 aliphatic rings. The number of likely N-dealkylation sites (tertiary alicyclic amines) is 1. The van der Waals surface area contributed by atoms with E-state index in [2.05, 4.69) is 16.3 Å². The normalized spacial score (nSPS) is 25.7. The number of carbonyl (C=O) groups is 2. The van der Waals surface area contributed by atoms with Gasteiger partial charge >= 0.3 is 0 Å². The van der Waals surface area contributed by atoms with Gasteiger partial charge in [-0.2, -0.15) is 5.26 Å². The zero-order chi connectivity index (χ0) is 17.9. The van der Waals surface area contributed by atoms with Crippen LogP contribution in [0.1, 0.15) is 64.2 Å². The quantitative estimate of drug-likeness (QED) is 0.764. The van der Waals surface area contributed by atoms with E-state index in [9.17, 15) is 14.9 Å². The predicted molar refractivity (Wildman–Crippen MR) is 93.9 cm³/mol. The summed E-state index contributed by atoms with van der Waals surface area (Å²) in [4.78, 5) is 26.8. The third-order valence-electron chi connectivity index (χ3n) is 6.30. The molecule has 0 unspecified atom stereocenters. The topological polar surface area (TPSA) is 99.2 Å². The van der Waals surface area contributed by atoms with E-state index in [-0.39, 0.29) is 11.8 Å². The third-order valence-corrected chi connectivity index (χ3v) is 6.30. The van der Waals surface area contributed by atoms with E-state index >= 15 is 0 Å². The summed E-state index contributed by atoms with van der Waals surface area (Å²) in [5.41, 5.74) is 4.27. The van der Waals surface area contributed by atoms with Crippen LogP contribution in [0.4, 0.5) is 0 Å². The van der Waals surface area contributed by atoms with Crippen LogP contribution in [-0.2, 0) is 9.59 Å². The molecule has 2 amide bonds. The molecule has 0 aromatic rings. The minimum atomic E-state index is -0.772. The van der Waals surface area contributed by atoms with Crippen LogP contribution in [0.15, 0.2) is 0 Å². The number of nitrogens with one attached hydrogen (secondary N) is 1. The summed E-state index contributed by atoms with van der Waals surface area (Å²) in [5.74, 6) is -0.545. The van der Waals surface area contributed by atoms with Crippen molar-refractivity contribution >= 4 is 11.8 Å². The Morgan fingerprint density at radius 3 is 2.32 bits per heavy atom. The summed E-state index contributed by atoms with van der Waals surface area (Å²) < 4.78 is 0. The molecule has 3 rings (SSSR count). The first-order chi connectivity index (χ1) is 12.0. The van der Waals surface area contributed by atoms with Gasteiger partial charge in [-0.1, -0.05) is 19.3 Å². The number of hydrogen-bond acceptors (Lipinski definition) is 4. The SMILES string of the molecule is N#CC1(NC(=O)[CH]CC2(C(N)=O)CCCCC2)CCN(C2CC2)CC1. The van der Waals surface area contributed by atoms with Crippen molar-refractivity contribution in [3.05, 3.63) is 6.42 Å². The maximum absolute atomic E-state index is 12.4. The molecular weight excluding hydrogens is 316 g/mol. The highest BCUT2D eigenvalue weighted by Crippen LogP contribution is 2.40. The molecule has 2 aliphatic carbocycles. The van der Waals surface area contributed by atoms with Crippen LogP contribution in [0.3, 0.4) is 0 Å². The first kappa shape index (κ1) is 18.2. The number of carbonyl (C=O) groups excluding carboxylic acids is 2. The van der Waals surface area contributed by atoms with Crippen molar-refractivity contribution in [1.82, 2.24) is 10.2 Å². The van der Waals surface area contributed by atoms with Crippen molar-refractivity contribution in [1.29, 1.82) is 5.26 Å². The smallest absolute Gasteiger partial charge is 0.225 e. The molecule has 6 nitrogen and oxygen atoms in total. The third kappa shape index (κ3) is 4.14. The lowest BCUT2D eigenvalue weighted by Gasteiger charge is -2.38. The second kappa shape index (κ2) is 7.33. The van der Waals surface area contributed by atoms with Crippen LogP contribution >= 0.6 is 0 Å². The summed E-state index contributed by atoms with van der Waals surface area (Å²) in [6.07, 6.45) is 10.4. The molecule has 0 atom stereocenters. The van der Waals surface area contributed by atoms with Gasteiger partial charge in [-0.3, -0.25) is 9.59 Å².